The first-order valence-electron chi connectivity index (χ1n) is 5.08. The van der Waals surface area contributed by atoms with E-state index < -0.39 is 0 Å². The highest BCUT2D eigenvalue weighted by Gasteiger charge is 1.97. The lowest BCUT2D eigenvalue weighted by atomic mass is 10.2. The summed E-state index contributed by atoms with van der Waals surface area (Å²) >= 11 is 5.81. The molecule has 0 saturated heterocycles. The zero-order valence-corrected chi connectivity index (χ0v) is 9.54. The van der Waals surface area contributed by atoms with Gasteiger partial charge in [-0.25, -0.2) is 0 Å². The number of hydrogen-bond acceptors (Lipinski definition) is 2. The molecule has 2 rings (SSSR count). The molecule has 2 aromatic carbocycles. The molecule has 2 aromatic rings. The minimum absolute atomic E-state index is 0.741. The monoisotopic (exact) mass is 232 g/mol. The Bertz CT molecular complexity index is 466. The van der Waals surface area contributed by atoms with Crippen molar-refractivity contribution in [3.05, 3.63) is 59.1 Å². The first-order chi connectivity index (χ1) is 7.75. The normalized spacial score (nSPS) is 10.1. The van der Waals surface area contributed by atoms with E-state index >= 15 is 0 Å². The van der Waals surface area contributed by atoms with Crippen LogP contribution >= 0.6 is 11.6 Å². The molecule has 0 aromatic heterocycles. The fourth-order valence-electron chi connectivity index (χ4n) is 1.46. The number of benzene rings is 2. The van der Waals surface area contributed by atoms with E-state index in [-0.39, 0.29) is 0 Å². The van der Waals surface area contributed by atoms with Gasteiger partial charge in [0.15, 0.2) is 0 Å². The molecule has 3 heteroatoms. The molecule has 0 radical (unpaired) electrons. The molecular weight excluding hydrogens is 220 g/mol. The predicted octanol–water partition coefficient (Wildman–Crippen LogP) is 3.53. The van der Waals surface area contributed by atoms with Gasteiger partial charge in [-0.1, -0.05) is 35.9 Å². The molecule has 0 atom stereocenters. The van der Waals surface area contributed by atoms with Crippen LogP contribution in [0.3, 0.4) is 0 Å². The Balaban J connectivity index is 2.02. The van der Waals surface area contributed by atoms with E-state index in [0.29, 0.717) is 0 Å². The van der Waals surface area contributed by atoms with E-state index in [4.69, 9.17) is 17.3 Å². The van der Waals surface area contributed by atoms with Crippen LogP contribution in [0.2, 0.25) is 5.02 Å². The van der Waals surface area contributed by atoms with Crippen molar-refractivity contribution in [2.75, 3.05) is 11.1 Å². The highest BCUT2D eigenvalue weighted by Crippen LogP contribution is 2.18. The third-order valence-corrected chi connectivity index (χ3v) is 2.61. The van der Waals surface area contributed by atoms with Crippen molar-refractivity contribution in [2.45, 2.75) is 6.54 Å². The fourth-order valence-corrected chi connectivity index (χ4v) is 1.58. The van der Waals surface area contributed by atoms with Crippen molar-refractivity contribution in [3.8, 4) is 0 Å². The van der Waals surface area contributed by atoms with Crippen LogP contribution in [0.1, 0.15) is 5.56 Å². The van der Waals surface area contributed by atoms with Crippen LogP contribution in [-0.2, 0) is 6.54 Å². The Morgan fingerprint density at radius 3 is 2.38 bits per heavy atom. The largest absolute Gasteiger partial charge is 0.397 e. The van der Waals surface area contributed by atoms with Crippen LogP contribution in [0.25, 0.3) is 0 Å². The summed E-state index contributed by atoms with van der Waals surface area (Å²) in [7, 11) is 0. The van der Waals surface area contributed by atoms with Crippen LogP contribution in [0.5, 0.6) is 0 Å². The molecule has 0 amide bonds. The van der Waals surface area contributed by atoms with E-state index in [1.165, 1.54) is 5.56 Å². The predicted molar refractivity (Wildman–Crippen MR) is 69.6 cm³/mol. The molecule has 0 fully saturated rings. The van der Waals surface area contributed by atoms with Gasteiger partial charge < -0.3 is 11.1 Å². The van der Waals surface area contributed by atoms with Gasteiger partial charge >= 0.3 is 0 Å². The van der Waals surface area contributed by atoms with E-state index in [2.05, 4.69) is 5.32 Å². The summed E-state index contributed by atoms with van der Waals surface area (Å²) in [6, 6.07) is 15.5. The number of anilines is 2. The van der Waals surface area contributed by atoms with Gasteiger partial charge in [0.1, 0.15) is 0 Å². The lowest BCUT2D eigenvalue weighted by Gasteiger charge is -2.08. The molecule has 0 aliphatic rings. The Labute approximate surface area is 100 Å². The Kier molecular flexibility index (Phi) is 3.32. The van der Waals surface area contributed by atoms with Gasteiger partial charge in [0.25, 0.3) is 0 Å². The lowest BCUT2D eigenvalue weighted by Crippen LogP contribution is -2.01. The molecule has 3 N–H and O–H groups in total. The summed E-state index contributed by atoms with van der Waals surface area (Å²) in [4.78, 5) is 0. The molecule has 0 saturated carbocycles. The quantitative estimate of drug-likeness (QED) is 0.795. The molecule has 0 bridgehead atoms. The maximum Gasteiger partial charge on any atom is 0.0576 e. The second-order valence-corrected chi connectivity index (χ2v) is 4.00. The third-order valence-electron chi connectivity index (χ3n) is 2.36. The maximum atomic E-state index is 5.83. The van der Waals surface area contributed by atoms with Crippen LogP contribution in [0, 0.1) is 0 Å². The number of para-hydroxylation sites is 2. The van der Waals surface area contributed by atoms with Gasteiger partial charge in [-0.3, -0.25) is 0 Å². The van der Waals surface area contributed by atoms with Crippen molar-refractivity contribution >= 4 is 23.0 Å². The first-order valence-corrected chi connectivity index (χ1v) is 5.46. The molecule has 0 spiro atoms. The number of rotatable bonds is 3. The van der Waals surface area contributed by atoms with Gasteiger partial charge in [-0.15, -0.1) is 0 Å². The van der Waals surface area contributed by atoms with Gasteiger partial charge in [-0.2, -0.15) is 0 Å². The molecule has 2 nitrogen and oxygen atoms in total. The van der Waals surface area contributed by atoms with Crippen LogP contribution < -0.4 is 11.1 Å². The topological polar surface area (TPSA) is 38.0 Å². The van der Waals surface area contributed by atoms with Crippen LogP contribution in [0.4, 0.5) is 11.4 Å². The van der Waals surface area contributed by atoms with Gasteiger partial charge in [0, 0.05) is 11.6 Å². The SMILES string of the molecule is Nc1ccccc1NCc1ccc(Cl)cc1. The molecule has 0 aliphatic heterocycles. The Hall–Kier alpha value is -1.67. The molecule has 16 heavy (non-hydrogen) atoms. The highest BCUT2D eigenvalue weighted by molar-refractivity contribution is 6.30. The van der Waals surface area contributed by atoms with Gasteiger partial charge in [0.2, 0.25) is 0 Å². The average molecular weight is 233 g/mol. The minimum Gasteiger partial charge on any atom is -0.397 e. The zero-order valence-electron chi connectivity index (χ0n) is 8.78. The zero-order chi connectivity index (χ0) is 11.4. The average Bonchev–Trinajstić information content (AvgIpc) is 2.30. The molecular formula is C13H13ClN2. The van der Waals surface area contributed by atoms with E-state index in [1.807, 2.05) is 48.5 Å². The maximum absolute atomic E-state index is 5.83. The van der Waals surface area contributed by atoms with Crippen molar-refractivity contribution < 1.29 is 0 Å². The second-order valence-electron chi connectivity index (χ2n) is 3.57. The minimum atomic E-state index is 0.741. The number of hydrogen-bond donors (Lipinski definition) is 2. The van der Waals surface area contributed by atoms with Crippen molar-refractivity contribution in [2.24, 2.45) is 0 Å². The molecule has 82 valence electrons. The second kappa shape index (κ2) is 4.90. The Morgan fingerprint density at radius 2 is 1.69 bits per heavy atom. The summed E-state index contributed by atoms with van der Waals surface area (Å²) in [6.45, 7) is 0.741. The number of halogens is 1. The number of nitrogens with two attached hydrogens (primary N) is 1. The number of nitrogens with one attached hydrogen (secondary N) is 1. The number of nitrogen functional groups attached to an aromatic ring is 1. The molecule has 0 unspecified atom stereocenters. The van der Waals surface area contributed by atoms with E-state index in [9.17, 15) is 0 Å². The van der Waals surface area contributed by atoms with Crippen molar-refractivity contribution in [1.29, 1.82) is 0 Å². The first kappa shape index (κ1) is 10.8. The third kappa shape index (κ3) is 2.67. The summed E-state index contributed by atoms with van der Waals surface area (Å²) in [6.07, 6.45) is 0. The van der Waals surface area contributed by atoms with E-state index in [1.54, 1.807) is 0 Å². The standard InChI is InChI=1S/C13H13ClN2/c14-11-7-5-10(6-8-11)9-16-13-4-2-1-3-12(13)15/h1-8,16H,9,15H2. The summed E-state index contributed by atoms with van der Waals surface area (Å²) in [5.74, 6) is 0. The van der Waals surface area contributed by atoms with Gasteiger partial charge in [-0.05, 0) is 29.8 Å². The molecule has 0 heterocycles. The molecule has 0 aliphatic carbocycles. The van der Waals surface area contributed by atoms with Crippen LogP contribution in [0.15, 0.2) is 48.5 Å². The lowest BCUT2D eigenvalue weighted by molar-refractivity contribution is 1.15. The van der Waals surface area contributed by atoms with Gasteiger partial charge in [0.05, 0.1) is 11.4 Å². The Morgan fingerprint density at radius 1 is 1.00 bits per heavy atom. The fraction of sp³-hybridized carbons (Fsp3) is 0.0769. The summed E-state index contributed by atoms with van der Waals surface area (Å²) in [5, 5.41) is 4.03. The summed E-state index contributed by atoms with van der Waals surface area (Å²) in [5.41, 5.74) is 8.72. The van der Waals surface area contributed by atoms with E-state index in [0.717, 1.165) is 22.9 Å². The van der Waals surface area contributed by atoms with Crippen molar-refractivity contribution in [1.82, 2.24) is 0 Å². The highest BCUT2D eigenvalue weighted by atomic mass is 35.5. The van der Waals surface area contributed by atoms with Crippen LogP contribution in [-0.4, -0.2) is 0 Å². The smallest absolute Gasteiger partial charge is 0.0576 e. The van der Waals surface area contributed by atoms with Crippen molar-refractivity contribution in [3.63, 3.8) is 0 Å². The summed E-state index contributed by atoms with van der Waals surface area (Å²) < 4.78 is 0.